The Kier molecular flexibility index (Phi) is 3.39. The Morgan fingerprint density at radius 3 is 2.94 bits per heavy atom. The molecule has 17 heavy (non-hydrogen) atoms. The van der Waals surface area contributed by atoms with Gasteiger partial charge in [0.05, 0.1) is 17.8 Å². The Morgan fingerprint density at radius 2 is 2.18 bits per heavy atom. The van der Waals surface area contributed by atoms with E-state index in [1.807, 2.05) is 6.92 Å². The number of methoxy groups -OCH3 is 1. The van der Waals surface area contributed by atoms with Gasteiger partial charge in [-0.15, -0.1) is 0 Å². The van der Waals surface area contributed by atoms with E-state index in [9.17, 15) is 5.11 Å². The Bertz CT molecular complexity index is 528. The molecule has 0 radical (unpaired) electrons. The van der Waals surface area contributed by atoms with Crippen LogP contribution < -0.4 is 4.74 Å². The summed E-state index contributed by atoms with van der Waals surface area (Å²) < 4.78 is 10.4. The Morgan fingerprint density at radius 1 is 1.35 bits per heavy atom. The van der Waals surface area contributed by atoms with E-state index in [1.165, 1.54) is 12.3 Å². The monoisotopic (exact) mass is 234 g/mol. The molecule has 1 N–H and O–H groups in total. The van der Waals surface area contributed by atoms with Gasteiger partial charge >= 0.3 is 0 Å². The molecule has 5 heteroatoms. The lowest BCUT2D eigenvalue weighted by molar-refractivity contribution is 0.146. The Balaban J connectivity index is 2.35. The van der Waals surface area contributed by atoms with Gasteiger partial charge in [0.2, 0.25) is 0 Å². The molecule has 0 spiro atoms. The maximum absolute atomic E-state index is 9.64. The fraction of sp³-hybridized carbons (Fsp3) is 0.333. The first-order valence-corrected chi connectivity index (χ1v) is 5.29. The molecule has 2 aromatic heterocycles. The van der Waals surface area contributed by atoms with Crippen LogP contribution in [0.3, 0.4) is 0 Å². The highest BCUT2D eigenvalue weighted by molar-refractivity contribution is 5.81. The van der Waals surface area contributed by atoms with E-state index in [2.05, 4.69) is 9.97 Å². The van der Waals surface area contributed by atoms with Crippen LogP contribution in [0.1, 0.15) is 5.69 Å². The average Bonchev–Trinajstić information content (AvgIpc) is 2.31. The number of pyridine rings is 2. The van der Waals surface area contributed by atoms with Gasteiger partial charge in [-0.25, -0.2) is 4.98 Å². The van der Waals surface area contributed by atoms with Gasteiger partial charge in [0, 0.05) is 25.4 Å². The highest BCUT2D eigenvalue weighted by Crippen LogP contribution is 2.26. The van der Waals surface area contributed by atoms with E-state index in [4.69, 9.17) is 9.47 Å². The molecule has 0 aliphatic heterocycles. The summed E-state index contributed by atoms with van der Waals surface area (Å²) in [5, 5.41) is 9.64. The summed E-state index contributed by atoms with van der Waals surface area (Å²) in [7, 11) is 1.62. The normalized spacial score (nSPS) is 10.7. The summed E-state index contributed by atoms with van der Waals surface area (Å²) in [6.45, 7) is 2.81. The number of nitrogens with zero attached hydrogens (tertiary/aromatic N) is 2. The summed E-state index contributed by atoms with van der Waals surface area (Å²) in [5.41, 5.74) is 1.82. The molecule has 0 amide bonds. The summed E-state index contributed by atoms with van der Waals surface area (Å²) in [5.74, 6) is 0.786. The van der Waals surface area contributed by atoms with Crippen LogP contribution in [0.25, 0.3) is 11.0 Å². The van der Waals surface area contributed by atoms with E-state index >= 15 is 0 Å². The molecule has 0 aliphatic carbocycles. The van der Waals surface area contributed by atoms with Crippen LogP contribution in [0.15, 0.2) is 18.3 Å². The van der Waals surface area contributed by atoms with Crippen molar-refractivity contribution in [2.24, 2.45) is 0 Å². The minimum atomic E-state index is 0.126. The molecular weight excluding hydrogens is 220 g/mol. The van der Waals surface area contributed by atoms with Gasteiger partial charge in [-0.05, 0) is 6.92 Å². The molecule has 0 unspecified atom stereocenters. The lowest BCUT2D eigenvalue weighted by Gasteiger charge is -2.09. The highest BCUT2D eigenvalue weighted by Gasteiger charge is 2.08. The third-order valence-electron chi connectivity index (χ3n) is 2.38. The van der Waals surface area contributed by atoms with Crippen molar-refractivity contribution < 1.29 is 14.6 Å². The van der Waals surface area contributed by atoms with E-state index in [-0.39, 0.29) is 5.75 Å². The zero-order chi connectivity index (χ0) is 12.3. The van der Waals surface area contributed by atoms with Crippen LogP contribution >= 0.6 is 0 Å². The van der Waals surface area contributed by atoms with Crippen molar-refractivity contribution in [2.75, 3.05) is 20.3 Å². The van der Waals surface area contributed by atoms with Crippen LogP contribution in [-0.4, -0.2) is 35.4 Å². The van der Waals surface area contributed by atoms with Crippen molar-refractivity contribution in [3.8, 4) is 11.5 Å². The minimum Gasteiger partial charge on any atom is -0.506 e. The zero-order valence-corrected chi connectivity index (χ0v) is 9.80. The third-order valence-corrected chi connectivity index (χ3v) is 2.38. The van der Waals surface area contributed by atoms with Gasteiger partial charge in [0.25, 0.3) is 0 Å². The van der Waals surface area contributed by atoms with Crippen molar-refractivity contribution in [1.82, 2.24) is 9.97 Å². The van der Waals surface area contributed by atoms with Crippen LogP contribution in [0, 0.1) is 6.92 Å². The number of rotatable bonds is 4. The summed E-state index contributed by atoms with van der Waals surface area (Å²) >= 11 is 0. The second kappa shape index (κ2) is 4.97. The number of fused-ring (bicyclic) bond motifs is 1. The highest BCUT2D eigenvalue weighted by atomic mass is 16.5. The maximum atomic E-state index is 9.64. The van der Waals surface area contributed by atoms with Crippen LogP contribution in [0.5, 0.6) is 11.5 Å². The second-order valence-corrected chi connectivity index (χ2v) is 3.61. The van der Waals surface area contributed by atoms with E-state index in [0.717, 1.165) is 5.69 Å². The quantitative estimate of drug-likeness (QED) is 0.815. The molecule has 0 aliphatic rings. The second-order valence-electron chi connectivity index (χ2n) is 3.61. The van der Waals surface area contributed by atoms with Gasteiger partial charge < -0.3 is 14.6 Å². The molecule has 2 heterocycles. The molecule has 0 aromatic carbocycles. The molecule has 0 saturated heterocycles. The number of hydrogen-bond donors (Lipinski definition) is 1. The molecule has 0 atom stereocenters. The predicted octanol–water partition coefficient (Wildman–Crippen LogP) is 1.67. The van der Waals surface area contributed by atoms with Crippen molar-refractivity contribution in [3.05, 3.63) is 24.0 Å². The molecular formula is C12H14N2O3. The van der Waals surface area contributed by atoms with Crippen LogP contribution in [-0.2, 0) is 4.74 Å². The number of aromatic nitrogens is 2. The molecule has 5 nitrogen and oxygen atoms in total. The first-order valence-electron chi connectivity index (χ1n) is 5.29. The van der Waals surface area contributed by atoms with Crippen molar-refractivity contribution in [3.63, 3.8) is 0 Å². The largest absolute Gasteiger partial charge is 0.506 e. The van der Waals surface area contributed by atoms with Gasteiger partial charge in [0.1, 0.15) is 23.6 Å². The SMILES string of the molecule is COCCOc1cc2nccc(O)c2nc1C. The topological polar surface area (TPSA) is 64.5 Å². The van der Waals surface area contributed by atoms with E-state index in [0.29, 0.717) is 30.0 Å². The molecule has 0 fully saturated rings. The van der Waals surface area contributed by atoms with Crippen molar-refractivity contribution in [2.45, 2.75) is 6.92 Å². The number of aryl methyl sites for hydroxylation is 1. The maximum Gasteiger partial charge on any atom is 0.144 e. The molecule has 0 saturated carbocycles. The lowest BCUT2D eigenvalue weighted by Crippen LogP contribution is -2.06. The summed E-state index contributed by atoms with van der Waals surface area (Å²) in [6, 6.07) is 3.28. The fourth-order valence-corrected chi connectivity index (χ4v) is 1.51. The number of ether oxygens (including phenoxy) is 2. The summed E-state index contributed by atoms with van der Waals surface area (Å²) in [6.07, 6.45) is 1.54. The van der Waals surface area contributed by atoms with Gasteiger partial charge in [-0.2, -0.15) is 0 Å². The minimum absolute atomic E-state index is 0.126. The Hall–Kier alpha value is -1.88. The standard InChI is InChI=1S/C12H14N2O3/c1-8-11(17-6-5-16-2)7-9-12(14-8)10(15)3-4-13-9/h3-4,7H,5-6H2,1-2H3,(H,13,15). The molecule has 0 bridgehead atoms. The van der Waals surface area contributed by atoms with Crippen molar-refractivity contribution >= 4 is 11.0 Å². The average molecular weight is 234 g/mol. The fourth-order valence-electron chi connectivity index (χ4n) is 1.51. The number of hydrogen-bond acceptors (Lipinski definition) is 5. The number of aromatic hydroxyl groups is 1. The smallest absolute Gasteiger partial charge is 0.144 e. The third kappa shape index (κ3) is 2.45. The van der Waals surface area contributed by atoms with Gasteiger partial charge in [-0.1, -0.05) is 0 Å². The predicted molar refractivity (Wildman–Crippen MR) is 63.3 cm³/mol. The Labute approximate surface area is 99.0 Å². The van der Waals surface area contributed by atoms with Crippen LogP contribution in [0.2, 0.25) is 0 Å². The van der Waals surface area contributed by atoms with Crippen molar-refractivity contribution in [1.29, 1.82) is 0 Å². The van der Waals surface area contributed by atoms with E-state index < -0.39 is 0 Å². The lowest BCUT2D eigenvalue weighted by atomic mass is 10.2. The zero-order valence-electron chi connectivity index (χ0n) is 9.80. The first kappa shape index (κ1) is 11.6. The first-order chi connectivity index (χ1) is 8.22. The summed E-state index contributed by atoms with van der Waals surface area (Å²) in [4.78, 5) is 8.41. The molecule has 2 aromatic rings. The van der Waals surface area contributed by atoms with E-state index in [1.54, 1.807) is 13.2 Å². The van der Waals surface area contributed by atoms with Gasteiger partial charge in [-0.3, -0.25) is 4.98 Å². The van der Waals surface area contributed by atoms with Gasteiger partial charge in [0.15, 0.2) is 0 Å². The molecule has 2 rings (SSSR count). The van der Waals surface area contributed by atoms with Crippen LogP contribution in [0.4, 0.5) is 0 Å². The molecule has 90 valence electrons.